The number of anilines is 1. The van der Waals surface area contributed by atoms with Gasteiger partial charge in [-0.2, -0.15) is 0 Å². The SMILES string of the molecule is Cc1cc(N2CCCC2CN(C)C)ccc1C=O. The minimum atomic E-state index is 0.599. The molecule has 98 valence electrons. The van der Waals surface area contributed by atoms with Crippen molar-refractivity contribution in [2.75, 3.05) is 32.1 Å². The van der Waals surface area contributed by atoms with E-state index in [9.17, 15) is 4.79 Å². The van der Waals surface area contributed by atoms with Crippen LogP contribution in [0.15, 0.2) is 18.2 Å². The van der Waals surface area contributed by atoms with Crippen LogP contribution >= 0.6 is 0 Å². The number of aldehydes is 1. The molecule has 1 saturated heterocycles. The molecule has 0 amide bonds. The van der Waals surface area contributed by atoms with Crippen LogP contribution in [0.4, 0.5) is 5.69 Å². The fourth-order valence-corrected chi connectivity index (χ4v) is 2.76. The summed E-state index contributed by atoms with van der Waals surface area (Å²) in [4.78, 5) is 15.6. The van der Waals surface area contributed by atoms with Crippen LogP contribution in [-0.4, -0.2) is 44.4 Å². The van der Waals surface area contributed by atoms with Gasteiger partial charge in [-0.3, -0.25) is 4.79 Å². The van der Waals surface area contributed by atoms with Crippen LogP contribution in [0.25, 0.3) is 0 Å². The van der Waals surface area contributed by atoms with Gasteiger partial charge in [0.2, 0.25) is 0 Å². The molecule has 1 unspecified atom stereocenters. The van der Waals surface area contributed by atoms with E-state index in [1.54, 1.807) is 0 Å². The minimum absolute atomic E-state index is 0.599. The molecule has 1 fully saturated rings. The average molecular weight is 246 g/mol. The first kappa shape index (κ1) is 13.1. The van der Waals surface area contributed by atoms with Crippen LogP contribution in [0.1, 0.15) is 28.8 Å². The Labute approximate surface area is 109 Å². The summed E-state index contributed by atoms with van der Waals surface area (Å²) in [6.45, 7) is 4.22. The largest absolute Gasteiger partial charge is 0.367 e. The lowest BCUT2D eigenvalue weighted by molar-refractivity contribution is 0.112. The van der Waals surface area contributed by atoms with Crippen molar-refractivity contribution in [1.82, 2.24) is 4.90 Å². The monoisotopic (exact) mass is 246 g/mol. The van der Waals surface area contributed by atoms with Crippen molar-refractivity contribution in [3.05, 3.63) is 29.3 Å². The molecule has 1 aliphatic heterocycles. The van der Waals surface area contributed by atoms with Crippen LogP contribution in [0.3, 0.4) is 0 Å². The molecule has 0 bridgehead atoms. The second-order valence-electron chi connectivity index (χ2n) is 5.41. The number of hydrogen-bond donors (Lipinski definition) is 0. The van der Waals surface area contributed by atoms with Gasteiger partial charge in [-0.15, -0.1) is 0 Å². The third kappa shape index (κ3) is 2.72. The third-order valence-corrected chi connectivity index (χ3v) is 3.67. The lowest BCUT2D eigenvalue weighted by Crippen LogP contribution is -2.37. The van der Waals surface area contributed by atoms with Crippen LogP contribution < -0.4 is 4.90 Å². The van der Waals surface area contributed by atoms with Gasteiger partial charge < -0.3 is 9.80 Å². The van der Waals surface area contributed by atoms with Crippen molar-refractivity contribution in [3.63, 3.8) is 0 Å². The molecule has 2 rings (SSSR count). The Morgan fingerprint density at radius 3 is 2.83 bits per heavy atom. The highest BCUT2D eigenvalue weighted by atomic mass is 16.1. The number of carbonyl (C=O) groups is 1. The third-order valence-electron chi connectivity index (χ3n) is 3.67. The standard InChI is InChI=1S/C15H22N2O/c1-12-9-14(7-6-13(12)11-18)17-8-4-5-15(17)10-16(2)3/h6-7,9,11,15H,4-5,8,10H2,1-3H3. The second-order valence-corrected chi connectivity index (χ2v) is 5.41. The number of aryl methyl sites for hydroxylation is 1. The summed E-state index contributed by atoms with van der Waals surface area (Å²) >= 11 is 0. The maximum Gasteiger partial charge on any atom is 0.150 e. The molecular formula is C15H22N2O. The molecule has 3 heteroatoms. The predicted molar refractivity (Wildman–Crippen MR) is 75.5 cm³/mol. The molecule has 1 heterocycles. The Bertz CT molecular complexity index is 429. The van der Waals surface area contributed by atoms with Gasteiger partial charge in [-0.1, -0.05) is 0 Å². The van der Waals surface area contributed by atoms with Crippen molar-refractivity contribution >= 4 is 12.0 Å². The Hall–Kier alpha value is -1.35. The Morgan fingerprint density at radius 2 is 2.22 bits per heavy atom. The molecule has 18 heavy (non-hydrogen) atoms. The van der Waals surface area contributed by atoms with Crippen LogP contribution in [-0.2, 0) is 0 Å². The summed E-state index contributed by atoms with van der Waals surface area (Å²) in [6, 6.07) is 6.74. The van der Waals surface area contributed by atoms with Gasteiger partial charge in [0.05, 0.1) is 0 Å². The van der Waals surface area contributed by atoms with Crippen molar-refractivity contribution in [1.29, 1.82) is 0 Å². The summed E-state index contributed by atoms with van der Waals surface area (Å²) < 4.78 is 0. The van der Waals surface area contributed by atoms with E-state index >= 15 is 0 Å². The lowest BCUT2D eigenvalue weighted by Gasteiger charge is -2.29. The zero-order chi connectivity index (χ0) is 13.1. The van der Waals surface area contributed by atoms with E-state index in [1.165, 1.54) is 18.5 Å². The number of rotatable bonds is 4. The topological polar surface area (TPSA) is 23.6 Å². The Kier molecular flexibility index (Phi) is 4.02. The van der Waals surface area contributed by atoms with Crippen LogP contribution in [0.5, 0.6) is 0 Å². The van der Waals surface area contributed by atoms with Crippen molar-refractivity contribution in [2.24, 2.45) is 0 Å². The molecule has 0 N–H and O–H groups in total. The summed E-state index contributed by atoms with van der Waals surface area (Å²) in [6.07, 6.45) is 3.44. The number of carbonyl (C=O) groups excluding carboxylic acids is 1. The van der Waals surface area contributed by atoms with Gasteiger partial charge in [0.15, 0.2) is 0 Å². The lowest BCUT2D eigenvalue weighted by atomic mass is 10.1. The van der Waals surface area contributed by atoms with E-state index in [0.29, 0.717) is 6.04 Å². The predicted octanol–water partition coefficient (Wildman–Crippen LogP) is 2.34. The van der Waals surface area contributed by atoms with E-state index < -0.39 is 0 Å². The van der Waals surface area contributed by atoms with Gasteiger partial charge in [0.25, 0.3) is 0 Å². The summed E-state index contributed by atoms with van der Waals surface area (Å²) in [7, 11) is 4.24. The number of likely N-dealkylation sites (N-methyl/N-ethyl adjacent to an activating group) is 1. The van der Waals surface area contributed by atoms with Gasteiger partial charge in [-0.25, -0.2) is 0 Å². The van der Waals surface area contributed by atoms with Gasteiger partial charge >= 0.3 is 0 Å². The van der Waals surface area contributed by atoms with Crippen molar-refractivity contribution < 1.29 is 4.79 Å². The highest BCUT2D eigenvalue weighted by Gasteiger charge is 2.25. The first-order valence-corrected chi connectivity index (χ1v) is 6.59. The quantitative estimate of drug-likeness (QED) is 0.762. The summed E-state index contributed by atoms with van der Waals surface area (Å²) in [5, 5.41) is 0. The molecule has 0 aliphatic carbocycles. The Balaban J connectivity index is 2.19. The molecule has 1 aromatic rings. The molecular weight excluding hydrogens is 224 g/mol. The van der Waals surface area contributed by atoms with E-state index in [-0.39, 0.29) is 0 Å². The molecule has 1 atom stereocenters. The zero-order valence-electron chi connectivity index (χ0n) is 11.5. The minimum Gasteiger partial charge on any atom is -0.367 e. The van der Waals surface area contributed by atoms with E-state index in [2.05, 4.69) is 36.0 Å². The second kappa shape index (κ2) is 5.53. The summed E-state index contributed by atoms with van der Waals surface area (Å²) in [5.74, 6) is 0. The average Bonchev–Trinajstić information content (AvgIpc) is 2.76. The first-order valence-electron chi connectivity index (χ1n) is 6.59. The van der Waals surface area contributed by atoms with E-state index in [4.69, 9.17) is 0 Å². The van der Waals surface area contributed by atoms with Gasteiger partial charge in [0.1, 0.15) is 6.29 Å². The number of benzene rings is 1. The highest BCUT2D eigenvalue weighted by molar-refractivity contribution is 5.78. The van der Waals surface area contributed by atoms with Crippen LogP contribution in [0.2, 0.25) is 0 Å². The van der Waals surface area contributed by atoms with E-state index in [0.717, 1.165) is 30.5 Å². The molecule has 0 aromatic heterocycles. The van der Waals surface area contributed by atoms with Gasteiger partial charge in [-0.05, 0) is 57.6 Å². The maximum atomic E-state index is 10.8. The summed E-state index contributed by atoms with van der Waals surface area (Å²) in [5.41, 5.74) is 3.11. The smallest absolute Gasteiger partial charge is 0.150 e. The van der Waals surface area contributed by atoms with Gasteiger partial charge in [0, 0.05) is 30.4 Å². The van der Waals surface area contributed by atoms with Crippen molar-refractivity contribution in [3.8, 4) is 0 Å². The first-order chi connectivity index (χ1) is 8.61. The molecule has 0 spiro atoms. The Morgan fingerprint density at radius 1 is 1.44 bits per heavy atom. The fraction of sp³-hybridized carbons (Fsp3) is 0.533. The molecule has 0 saturated carbocycles. The molecule has 1 aliphatic rings. The number of hydrogen-bond acceptors (Lipinski definition) is 3. The maximum absolute atomic E-state index is 10.8. The fourth-order valence-electron chi connectivity index (χ4n) is 2.76. The van der Waals surface area contributed by atoms with Crippen LogP contribution in [0, 0.1) is 6.92 Å². The number of nitrogens with zero attached hydrogens (tertiary/aromatic N) is 2. The normalized spacial score (nSPS) is 19.6. The molecule has 3 nitrogen and oxygen atoms in total. The molecule has 0 radical (unpaired) electrons. The van der Waals surface area contributed by atoms with E-state index in [1.807, 2.05) is 13.0 Å². The zero-order valence-corrected chi connectivity index (χ0v) is 11.5. The molecule has 1 aromatic carbocycles. The highest BCUT2D eigenvalue weighted by Crippen LogP contribution is 2.27. The van der Waals surface area contributed by atoms with Crippen molar-refractivity contribution in [2.45, 2.75) is 25.8 Å².